The van der Waals surface area contributed by atoms with Crippen LogP contribution in [0.15, 0.2) is 0 Å². The van der Waals surface area contributed by atoms with Crippen molar-refractivity contribution in [1.82, 2.24) is 0 Å². The van der Waals surface area contributed by atoms with E-state index in [-0.39, 0.29) is 29.3 Å². The third-order valence-electron chi connectivity index (χ3n) is 2.50. The average Bonchev–Trinajstić information content (AvgIpc) is 2.07. The Balaban J connectivity index is 2.89. The molecule has 0 spiro atoms. The summed E-state index contributed by atoms with van der Waals surface area (Å²) < 4.78 is 0. The second-order valence-corrected chi connectivity index (χ2v) is 3.10. The molecular formula is C8H12O2. The van der Waals surface area contributed by atoms with Crippen LogP contribution in [0.3, 0.4) is 0 Å². The zero-order valence-electron chi connectivity index (χ0n) is 6.55. The zero-order valence-corrected chi connectivity index (χ0v) is 6.55. The first kappa shape index (κ1) is 7.45. The normalized spacial score (nSPS) is 40.9. The molecule has 2 atom stereocenters. The van der Waals surface area contributed by atoms with Crippen LogP contribution in [0, 0.1) is 17.8 Å². The highest BCUT2D eigenvalue weighted by Gasteiger charge is 2.41. The van der Waals surface area contributed by atoms with E-state index in [1.807, 2.05) is 13.8 Å². The van der Waals surface area contributed by atoms with Gasteiger partial charge in [-0.25, -0.2) is 0 Å². The van der Waals surface area contributed by atoms with Gasteiger partial charge in [-0.15, -0.1) is 0 Å². The molecule has 0 N–H and O–H groups in total. The smallest absolute Gasteiger partial charge is 0.146 e. The molecule has 0 aromatic rings. The number of hydrogen-bond donors (Lipinski definition) is 0. The lowest BCUT2D eigenvalue weighted by atomic mass is 10.00. The highest BCUT2D eigenvalue weighted by atomic mass is 16.2. The van der Waals surface area contributed by atoms with Gasteiger partial charge in [0.1, 0.15) is 11.6 Å². The summed E-state index contributed by atoms with van der Waals surface area (Å²) >= 11 is 0. The zero-order chi connectivity index (χ0) is 7.89. The largest absolute Gasteiger partial charge is 0.299 e. The topological polar surface area (TPSA) is 34.1 Å². The SMILES string of the molecule is CC1C(=O)C(C)C(C)C1=O. The van der Waals surface area contributed by atoms with Crippen LogP contribution in [0.5, 0.6) is 0 Å². The van der Waals surface area contributed by atoms with E-state index in [9.17, 15) is 9.59 Å². The summed E-state index contributed by atoms with van der Waals surface area (Å²) in [5, 5.41) is 0. The fourth-order valence-electron chi connectivity index (χ4n) is 1.42. The predicted octanol–water partition coefficient (Wildman–Crippen LogP) is 1.05. The van der Waals surface area contributed by atoms with Gasteiger partial charge in [0.2, 0.25) is 0 Å². The number of rotatable bonds is 0. The molecule has 1 aliphatic carbocycles. The minimum Gasteiger partial charge on any atom is -0.299 e. The van der Waals surface area contributed by atoms with Gasteiger partial charge in [-0.05, 0) is 6.92 Å². The summed E-state index contributed by atoms with van der Waals surface area (Å²) in [4.78, 5) is 22.2. The van der Waals surface area contributed by atoms with Crippen LogP contribution < -0.4 is 0 Å². The van der Waals surface area contributed by atoms with E-state index in [4.69, 9.17) is 0 Å². The second-order valence-electron chi connectivity index (χ2n) is 3.10. The molecule has 2 unspecified atom stereocenters. The number of hydrogen-bond acceptors (Lipinski definition) is 2. The van der Waals surface area contributed by atoms with Crippen molar-refractivity contribution in [2.24, 2.45) is 17.8 Å². The molecule has 0 aromatic heterocycles. The molecule has 0 amide bonds. The van der Waals surface area contributed by atoms with Gasteiger partial charge in [-0.2, -0.15) is 0 Å². The Morgan fingerprint density at radius 3 is 1.30 bits per heavy atom. The summed E-state index contributed by atoms with van der Waals surface area (Å²) in [5.74, 6) is -0.231. The van der Waals surface area contributed by atoms with Gasteiger partial charge >= 0.3 is 0 Å². The number of Topliss-reactive ketones (excluding diaryl/α,β-unsaturated/α-hetero) is 2. The third kappa shape index (κ3) is 0.789. The van der Waals surface area contributed by atoms with Crippen LogP contribution >= 0.6 is 0 Å². The fraction of sp³-hybridized carbons (Fsp3) is 0.750. The maximum absolute atomic E-state index is 11.1. The van der Waals surface area contributed by atoms with E-state index in [2.05, 4.69) is 0 Å². The van der Waals surface area contributed by atoms with Gasteiger partial charge in [0, 0.05) is 11.8 Å². The van der Waals surface area contributed by atoms with Gasteiger partial charge in [0.05, 0.1) is 5.92 Å². The van der Waals surface area contributed by atoms with E-state index in [1.165, 1.54) is 0 Å². The first-order valence-corrected chi connectivity index (χ1v) is 3.63. The van der Waals surface area contributed by atoms with Crippen molar-refractivity contribution >= 4 is 11.6 Å². The molecular weight excluding hydrogens is 128 g/mol. The minimum absolute atomic E-state index is 0.0532. The van der Waals surface area contributed by atoms with Crippen molar-refractivity contribution < 1.29 is 9.59 Å². The van der Waals surface area contributed by atoms with Gasteiger partial charge in [0.15, 0.2) is 0 Å². The molecule has 1 rings (SSSR count). The number of carbonyl (C=O) groups is 2. The Kier molecular flexibility index (Phi) is 1.63. The van der Waals surface area contributed by atoms with Crippen LogP contribution in [0.4, 0.5) is 0 Å². The van der Waals surface area contributed by atoms with Crippen molar-refractivity contribution in [3.8, 4) is 0 Å². The molecule has 1 fully saturated rings. The van der Waals surface area contributed by atoms with Crippen molar-refractivity contribution in [2.45, 2.75) is 20.8 Å². The fourth-order valence-corrected chi connectivity index (χ4v) is 1.42. The molecule has 0 heterocycles. The Labute approximate surface area is 60.6 Å². The number of carbonyl (C=O) groups excluding carboxylic acids is 2. The molecule has 0 bridgehead atoms. The Bertz CT molecular complexity index is 164. The predicted molar refractivity (Wildman–Crippen MR) is 37.5 cm³/mol. The molecule has 0 aliphatic heterocycles. The third-order valence-corrected chi connectivity index (χ3v) is 2.50. The summed E-state index contributed by atoms with van der Waals surface area (Å²) in [6.45, 7) is 5.35. The molecule has 2 heteroatoms. The molecule has 10 heavy (non-hydrogen) atoms. The van der Waals surface area contributed by atoms with E-state index in [0.29, 0.717) is 0 Å². The maximum Gasteiger partial charge on any atom is 0.146 e. The van der Waals surface area contributed by atoms with Gasteiger partial charge in [-0.3, -0.25) is 9.59 Å². The van der Waals surface area contributed by atoms with Crippen LogP contribution in [0.1, 0.15) is 20.8 Å². The molecule has 2 nitrogen and oxygen atoms in total. The second kappa shape index (κ2) is 2.19. The molecule has 1 aliphatic rings. The van der Waals surface area contributed by atoms with Gasteiger partial charge < -0.3 is 0 Å². The van der Waals surface area contributed by atoms with Crippen LogP contribution in [0.25, 0.3) is 0 Å². The standard InChI is InChI=1S/C8H12O2/c1-4-5(2)8(10)6(3)7(4)9/h4-6H,1-3H3. The van der Waals surface area contributed by atoms with Crippen LogP contribution in [-0.2, 0) is 9.59 Å². The molecule has 1 saturated carbocycles. The van der Waals surface area contributed by atoms with Crippen molar-refractivity contribution in [3.63, 3.8) is 0 Å². The lowest BCUT2D eigenvalue weighted by Crippen LogP contribution is -2.11. The monoisotopic (exact) mass is 140 g/mol. The molecule has 56 valence electrons. The van der Waals surface area contributed by atoms with E-state index < -0.39 is 0 Å². The summed E-state index contributed by atoms with van der Waals surface area (Å²) in [6.07, 6.45) is 0. The van der Waals surface area contributed by atoms with Crippen LogP contribution in [0.2, 0.25) is 0 Å². The van der Waals surface area contributed by atoms with Gasteiger partial charge in [-0.1, -0.05) is 13.8 Å². The molecule has 0 saturated heterocycles. The Morgan fingerprint density at radius 2 is 1.20 bits per heavy atom. The lowest BCUT2D eigenvalue weighted by Gasteiger charge is -2.02. The van der Waals surface area contributed by atoms with Crippen molar-refractivity contribution in [1.29, 1.82) is 0 Å². The lowest BCUT2D eigenvalue weighted by molar-refractivity contribution is -0.127. The first-order chi connectivity index (χ1) is 4.55. The molecule has 0 radical (unpaired) electrons. The molecule has 0 aromatic carbocycles. The Hall–Kier alpha value is -0.660. The van der Waals surface area contributed by atoms with E-state index >= 15 is 0 Å². The quantitative estimate of drug-likeness (QED) is 0.471. The van der Waals surface area contributed by atoms with Crippen LogP contribution in [-0.4, -0.2) is 11.6 Å². The minimum atomic E-state index is -0.343. The summed E-state index contributed by atoms with van der Waals surface area (Å²) in [5.41, 5.74) is 0. The van der Waals surface area contributed by atoms with Gasteiger partial charge in [0.25, 0.3) is 0 Å². The highest BCUT2D eigenvalue weighted by molar-refractivity contribution is 6.10. The Morgan fingerprint density at radius 1 is 0.900 bits per heavy atom. The first-order valence-electron chi connectivity index (χ1n) is 3.63. The highest BCUT2D eigenvalue weighted by Crippen LogP contribution is 2.28. The number of ketones is 2. The van der Waals surface area contributed by atoms with E-state index in [0.717, 1.165) is 0 Å². The van der Waals surface area contributed by atoms with Crippen molar-refractivity contribution in [3.05, 3.63) is 0 Å². The van der Waals surface area contributed by atoms with E-state index in [1.54, 1.807) is 6.92 Å². The summed E-state index contributed by atoms with van der Waals surface area (Å²) in [7, 11) is 0. The average molecular weight is 140 g/mol. The maximum atomic E-state index is 11.1. The summed E-state index contributed by atoms with van der Waals surface area (Å²) in [6, 6.07) is 0. The van der Waals surface area contributed by atoms with Crippen molar-refractivity contribution in [2.75, 3.05) is 0 Å².